The molecule has 24 heavy (non-hydrogen) atoms. The molecule has 3 rings (SSSR count). The van der Waals surface area contributed by atoms with Gasteiger partial charge in [-0.25, -0.2) is 8.78 Å². The molecule has 0 saturated heterocycles. The Hall–Kier alpha value is -3.09. The highest BCUT2D eigenvalue weighted by molar-refractivity contribution is 5.91. The lowest BCUT2D eigenvalue weighted by Gasteiger charge is -2.10. The number of benzene rings is 2. The average Bonchev–Trinajstić information content (AvgIpc) is 2.59. The number of hydrogen-bond acceptors (Lipinski definition) is 4. The monoisotopic (exact) mass is 329 g/mol. The predicted molar refractivity (Wildman–Crippen MR) is 86.9 cm³/mol. The SMILES string of the molecule is O=[N+]([O-])c1ccc(CCNc2ccnc3c(F)ccc(F)c23)cc1. The van der Waals surface area contributed by atoms with E-state index in [-0.39, 0.29) is 16.6 Å². The van der Waals surface area contributed by atoms with E-state index in [1.807, 2.05) is 0 Å². The number of halogens is 2. The third kappa shape index (κ3) is 3.15. The van der Waals surface area contributed by atoms with Gasteiger partial charge >= 0.3 is 0 Å². The van der Waals surface area contributed by atoms with E-state index in [0.717, 1.165) is 17.7 Å². The predicted octanol–water partition coefficient (Wildman–Crippen LogP) is 4.08. The topological polar surface area (TPSA) is 68.1 Å². The van der Waals surface area contributed by atoms with Crippen molar-refractivity contribution in [2.75, 3.05) is 11.9 Å². The Bertz CT molecular complexity index is 898. The number of non-ortho nitro benzene ring substituents is 1. The van der Waals surface area contributed by atoms with Crippen LogP contribution in [0.25, 0.3) is 10.9 Å². The second-order valence-electron chi connectivity index (χ2n) is 5.21. The molecule has 0 aliphatic heterocycles. The highest BCUT2D eigenvalue weighted by Crippen LogP contribution is 2.26. The summed E-state index contributed by atoms with van der Waals surface area (Å²) >= 11 is 0. The van der Waals surface area contributed by atoms with Crippen molar-refractivity contribution in [3.63, 3.8) is 0 Å². The molecule has 1 N–H and O–H groups in total. The molecule has 0 spiro atoms. The van der Waals surface area contributed by atoms with Gasteiger partial charge in [0.05, 0.1) is 10.3 Å². The van der Waals surface area contributed by atoms with Gasteiger partial charge in [0, 0.05) is 30.6 Å². The normalized spacial score (nSPS) is 10.8. The smallest absolute Gasteiger partial charge is 0.269 e. The van der Waals surface area contributed by atoms with Crippen LogP contribution in [-0.4, -0.2) is 16.5 Å². The van der Waals surface area contributed by atoms with E-state index >= 15 is 0 Å². The minimum atomic E-state index is -0.578. The molecular formula is C17H13F2N3O2. The molecule has 7 heteroatoms. The highest BCUT2D eigenvalue weighted by atomic mass is 19.1. The van der Waals surface area contributed by atoms with Crippen LogP contribution in [0.1, 0.15) is 5.56 Å². The second-order valence-corrected chi connectivity index (χ2v) is 5.21. The first kappa shape index (κ1) is 15.8. The van der Waals surface area contributed by atoms with E-state index in [1.54, 1.807) is 18.2 Å². The van der Waals surface area contributed by atoms with E-state index in [1.165, 1.54) is 18.3 Å². The van der Waals surface area contributed by atoms with Crippen LogP contribution >= 0.6 is 0 Å². The maximum Gasteiger partial charge on any atom is 0.269 e. The van der Waals surface area contributed by atoms with Crippen molar-refractivity contribution < 1.29 is 13.7 Å². The Balaban J connectivity index is 1.74. The van der Waals surface area contributed by atoms with E-state index in [2.05, 4.69) is 10.3 Å². The van der Waals surface area contributed by atoms with Crippen molar-refractivity contribution in [3.05, 3.63) is 76.0 Å². The number of nitrogens with one attached hydrogen (secondary N) is 1. The summed E-state index contributed by atoms with van der Waals surface area (Å²) in [7, 11) is 0. The van der Waals surface area contributed by atoms with Crippen LogP contribution in [0.4, 0.5) is 20.2 Å². The molecule has 122 valence electrons. The van der Waals surface area contributed by atoms with Gasteiger partial charge in [0.2, 0.25) is 0 Å². The molecule has 1 heterocycles. The third-order valence-electron chi connectivity index (χ3n) is 3.67. The van der Waals surface area contributed by atoms with Crippen molar-refractivity contribution in [3.8, 4) is 0 Å². The zero-order valence-electron chi connectivity index (χ0n) is 12.5. The molecule has 0 aliphatic carbocycles. The Kier molecular flexibility index (Phi) is 4.33. The van der Waals surface area contributed by atoms with E-state index in [9.17, 15) is 18.9 Å². The van der Waals surface area contributed by atoms with Crippen LogP contribution in [0.3, 0.4) is 0 Å². The molecule has 5 nitrogen and oxygen atoms in total. The number of hydrogen-bond donors (Lipinski definition) is 1. The van der Waals surface area contributed by atoms with Gasteiger partial charge in [0.25, 0.3) is 5.69 Å². The van der Waals surface area contributed by atoms with E-state index in [0.29, 0.717) is 18.7 Å². The summed E-state index contributed by atoms with van der Waals surface area (Å²) in [4.78, 5) is 14.0. The molecule has 0 fully saturated rings. The summed E-state index contributed by atoms with van der Waals surface area (Å²) < 4.78 is 27.7. The summed E-state index contributed by atoms with van der Waals surface area (Å²) in [6.07, 6.45) is 2.00. The lowest BCUT2D eigenvalue weighted by molar-refractivity contribution is -0.384. The Labute approximate surface area is 136 Å². The van der Waals surface area contributed by atoms with Crippen molar-refractivity contribution in [2.45, 2.75) is 6.42 Å². The fourth-order valence-electron chi connectivity index (χ4n) is 2.47. The third-order valence-corrected chi connectivity index (χ3v) is 3.67. The maximum atomic E-state index is 14.0. The van der Waals surface area contributed by atoms with Crippen molar-refractivity contribution in [1.82, 2.24) is 4.98 Å². The van der Waals surface area contributed by atoms with Crippen LogP contribution in [0, 0.1) is 21.7 Å². The van der Waals surface area contributed by atoms with Crippen molar-refractivity contribution in [2.24, 2.45) is 0 Å². The van der Waals surface area contributed by atoms with Gasteiger partial charge in [-0.1, -0.05) is 12.1 Å². The molecule has 0 amide bonds. The Morgan fingerprint density at radius 2 is 1.75 bits per heavy atom. The van der Waals surface area contributed by atoms with E-state index in [4.69, 9.17) is 0 Å². The summed E-state index contributed by atoms with van der Waals surface area (Å²) in [5.41, 5.74) is 1.37. The number of rotatable bonds is 5. The highest BCUT2D eigenvalue weighted by Gasteiger charge is 2.11. The fourth-order valence-corrected chi connectivity index (χ4v) is 2.47. The first-order valence-electron chi connectivity index (χ1n) is 7.26. The molecule has 0 aliphatic rings. The number of anilines is 1. The molecule has 0 bridgehead atoms. The summed E-state index contributed by atoms with van der Waals surface area (Å²) in [5, 5.41) is 13.8. The van der Waals surface area contributed by atoms with Gasteiger partial charge in [-0.3, -0.25) is 15.1 Å². The van der Waals surface area contributed by atoms with Crippen molar-refractivity contribution in [1.29, 1.82) is 0 Å². The molecule has 3 aromatic rings. The van der Waals surface area contributed by atoms with Gasteiger partial charge in [0.1, 0.15) is 17.2 Å². The van der Waals surface area contributed by atoms with Gasteiger partial charge in [-0.05, 0) is 30.2 Å². The molecule has 0 atom stereocenters. The molecule has 0 saturated carbocycles. The number of fused-ring (bicyclic) bond motifs is 1. The number of nitro groups is 1. The average molecular weight is 329 g/mol. The molecule has 1 aromatic heterocycles. The van der Waals surface area contributed by atoms with Gasteiger partial charge < -0.3 is 5.32 Å². The Morgan fingerprint density at radius 3 is 2.46 bits per heavy atom. The first-order valence-corrected chi connectivity index (χ1v) is 7.26. The summed E-state index contributed by atoms with van der Waals surface area (Å²) in [6, 6.07) is 9.92. The molecule has 0 unspecified atom stereocenters. The Morgan fingerprint density at radius 1 is 1.04 bits per heavy atom. The van der Waals surface area contributed by atoms with Crippen LogP contribution < -0.4 is 5.32 Å². The number of nitro benzene ring substituents is 1. The van der Waals surface area contributed by atoms with Crippen LogP contribution in [0.15, 0.2) is 48.7 Å². The van der Waals surface area contributed by atoms with E-state index < -0.39 is 16.6 Å². The van der Waals surface area contributed by atoms with Crippen LogP contribution in [0.5, 0.6) is 0 Å². The van der Waals surface area contributed by atoms with Gasteiger partial charge in [0.15, 0.2) is 0 Å². The number of aromatic nitrogens is 1. The lowest BCUT2D eigenvalue weighted by atomic mass is 10.1. The van der Waals surface area contributed by atoms with Crippen LogP contribution in [-0.2, 0) is 6.42 Å². The van der Waals surface area contributed by atoms with Gasteiger partial charge in [-0.15, -0.1) is 0 Å². The number of nitrogens with zero attached hydrogens (tertiary/aromatic N) is 2. The quantitative estimate of drug-likeness (QED) is 0.566. The standard InChI is InChI=1S/C17H13F2N3O2/c18-13-5-6-14(19)17-16(13)15(8-10-21-17)20-9-7-11-1-3-12(4-2-11)22(23)24/h1-6,8,10H,7,9H2,(H,20,21). The molecule has 0 radical (unpaired) electrons. The van der Waals surface area contributed by atoms with Crippen LogP contribution in [0.2, 0.25) is 0 Å². The fraction of sp³-hybridized carbons (Fsp3) is 0.118. The van der Waals surface area contributed by atoms with Gasteiger partial charge in [-0.2, -0.15) is 0 Å². The zero-order chi connectivity index (χ0) is 17.1. The lowest BCUT2D eigenvalue weighted by Crippen LogP contribution is -2.06. The summed E-state index contributed by atoms with van der Waals surface area (Å²) in [5.74, 6) is -1.12. The maximum absolute atomic E-state index is 14.0. The minimum absolute atomic E-state index is 0.0182. The molecule has 2 aromatic carbocycles. The van der Waals surface area contributed by atoms with Crippen molar-refractivity contribution >= 4 is 22.3 Å². The first-order chi connectivity index (χ1) is 11.6. The molecular weight excluding hydrogens is 316 g/mol. The minimum Gasteiger partial charge on any atom is -0.384 e. The largest absolute Gasteiger partial charge is 0.384 e. The second kappa shape index (κ2) is 6.57. The summed E-state index contributed by atoms with van der Waals surface area (Å²) in [6.45, 7) is 0.465. The number of pyridine rings is 1. The zero-order valence-corrected chi connectivity index (χ0v) is 12.5.